The second-order valence-corrected chi connectivity index (χ2v) is 6.35. The topological polar surface area (TPSA) is 101 Å². The van der Waals surface area contributed by atoms with Gasteiger partial charge in [-0.3, -0.25) is 19.7 Å². The number of nitro benzene ring substituents is 1. The van der Waals surface area contributed by atoms with Gasteiger partial charge in [-0.25, -0.2) is 0 Å². The van der Waals surface area contributed by atoms with Crippen molar-refractivity contribution in [3.05, 3.63) is 112 Å². The Morgan fingerprint density at radius 1 is 0.900 bits per heavy atom. The van der Waals surface area contributed by atoms with Crippen molar-refractivity contribution in [1.29, 1.82) is 0 Å². The van der Waals surface area contributed by atoms with E-state index in [1.807, 2.05) is 30.3 Å². The largest absolute Gasteiger partial charge is 0.348 e. The highest BCUT2D eigenvalue weighted by molar-refractivity contribution is 6.07. The summed E-state index contributed by atoms with van der Waals surface area (Å²) in [6, 6.07) is 22.2. The van der Waals surface area contributed by atoms with Crippen LogP contribution in [0.5, 0.6) is 0 Å². The molecule has 0 spiro atoms. The molecule has 150 valence electrons. The van der Waals surface area contributed by atoms with Gasteiger partial charge in [-0.05, 0) is 29.8 Å². The number of benzene rings is 3. The zero-order valence-corrected chi connectivity index (χ0v) is 15.9. The molecular weight excluding hydrogens is 382 g/mol. The third kappa shape index (κ3) is 5.39. The van der Waals surface area contributed by atoms with Gasteiger partial charge in [0.05, 0.1) is 21.7 Å². The molecule has 0 fully saturated rings. The Balaban J connectivity index is 1.69. The molecule has 0 aliphatic heterocycles. The third-order valence-corrected chi connectivity index (χ3v) is 4.27. The van der Waals surface area contributed by atoms with Crippen LogP contribution in [0.2, 0.25) is 0 Å². The molecule has 0 saturated heterocycles. The van der Waals surface area contributed by atoms with Crippen molar-refractivity contribution in [3.8, 4) is 0 Å². The van der Waals surface area contributed by atoms with E-state index in [2.05, 4.69) is 10.6 Å². The highest BCUT2D eigenvalue weighted by Crippen LogP contribution is 2.19. The Morgan fingerprint density at radius 2 is 1.57 bits per heavy atom. The van der Waals surface area contributed by atoms with Gasteiger partial charge >= 0.3 is 0 Å². The SMILES string of the molecule is O=C(/C=C/c1ccccc1[N+](=O)[O-])Nc1ccccc1C(=O)NCc1ccccc1. The normalized spacial score (nSPS) is 10.5. The van der Waals surface area contributed by atoms with Crippen molar-refractivity contribution in [2.75, 3.05) is 5.32 Å². The minimum atomic E-state index is -0.510. The molecule has 0 heterocycles. The van der Waals surface area contributed by atoms with Gasteiger partial charge in [0, 0.05) is 18.7 Å². The minimum absolute atomic E-state index is 0.0951. The molecule has 0 aromatic heterocycles. The summed E-state index contributed by atoms with van der Waals surface area (Å²) in [6.45, 7) is 0.361. The van der Waals surface area contributed by atoms with Crippen LogP contribution in [0.15, 0.2) is 84.9 Å². The number of nitro groups is 1. The smallest absolute Gasteiger partial charge is 0.276 e. The molecule has 0 saturated carbocycles. The Kier molecular flexibility index (Phi) is 6.68. The maximum Gasteiger partial charge on any atom is 0.276 e. The lowest BCUT2D eigenvalue weighted by molar-refractivity contribution is -0.385. The first-order valence-electron chi connectivity index (χ1n) is 9.18. The van der Waals surface area contributed by atoms with Crippen LogP contribution < -0.4 is 10.6 Å². The molecule has 3 aromatic carbocycles. The summed E-state index contributed by atoms with van der Waals surface area (Å²) in [5.74, 6) is -0.825. The predicted molar refractivity (Wildman–Crippen MR) is 115 cm³/mol. The van der Waals surface area contributed by atoms with Crippen molar-refractivity contribution in [2.24, 2.45) is 0 Å². The van der Waals surface area contributed by atoms with Crippen LogP contribution in [0.3, 0.4) is 0 Å². The van der Waals surface area contributed by atoms with E-state index in [9.17, 15) is 19.7 Å². The van der Waals surface area contributed by atoms with E-state index < -0.39 is 10.8 Å². The first-order valence-corrected chi connectivity index (χ1v) is 9.18. The molecule has 0 aliphatic carbocycles. The summed E-state index contributed by atoms with van der Waals surface area (Å²) >= 11 is 0. The lowest BCUT2D eigenvalue weighted by Gasteiger charge is -2.10. The molecule has 30 heavy (non-hydrogen) atoms. The van der Waals surface area contributed by atoms with Crippen molar-refractivity contribution >= 4 is 29.3 Å². The summed E-state index contributed by atoms with van der Waals surface area (Å²) in [6.07, 6.45) is 2.56. The van der Waals surface area contributed by atoms with Gasteiger partial charge in [-0.1, -0.05) is 54.6 Å². The van der Waals surface area contributed by atoms with Crippen molar-refractivity contribution in [1.82, 2.24) is 5.32 Å². The predicted octanol–water partition coefficient (Wildman–Crippen LogP) is 4.18. The van der Waals surface area contributed by atoms with Crippen molar-refractivity contribution < 1.29 is 14.5 Å². The highest BCUT2D eigenvalue weighted by Gasteiger charge is 2.13. The van der Waals surface area contributed by atoms with E-state index in [1.165, 1.54) is 18.2 Å². The molecule has 2 N–H and O–H groups in total. The van der Waals surface area contributed by atoms with Crippen LogP contribution in [-0.4, -0.2) is 16.7 Å². The molecule has 0 aliphatic rings. The van der Waals surface area contributed by atoms with Crippen LogP contribution in [-0.2, 0) is 11.3 Å². The van der Waals surface area contributed by atoms with Crippen molar-refractivity contribution in [2.45, 2.75) is 6.54 Å². The lowest BCUT2D eigenvalue weighted by atomic mass is 10.1. The van der Waals surface area contributed by atoms with E-state index >= 15 is 0 Å². The number of carbonyl (C=O) groups is 2. The number of anilines is 1. The summed E-state index contributed by atoms with van der Waals surface area (Å²) in [7, 11) is 0. The van der Waals surface area contributed by atoms with Crippen LogP contribution in [0.25, 0.3) is 6.08 Å². The number of nitrogens with one attached hydrogen (secondary N) is 2. The summed E-state index contributed by atoms with van der Waals surface area (Å²) < 4.78 is 0. The van der Waals surface area contributed by atoms with E-state index in [0.717, 1.165) is 5.56 Å². The van der Waals surface area contributed by atoms with Gasteiger partial charge < -0.3 is 10.6 Å². The van der Waals surface area contributed by atoms with Crippen LogP contribution in [0.4, 0.5) is 11.4 Å². The quantitative estimate of drug-likeness (QED) is 0.352. The lowest BCUT2D eigenvalue weighted by Crippen LogP contribution is -2.24. The second kappa shape index (κ2) is 9.79. The number of para-hydroxylation sites is 2. The van der Waals surface area contributed by atoms with Crippen LogP contribution in [0, 0.1) is 10.1 Å². The van der Waals surface area contributed by atoms with Gasteiger partial charge in [-0.15, -0.1) is 0 Å². The zero-order chi connectivity index (χ0) is 21.3. The van der Waals surface area contributed by atoms with Gasteiger partial charge in [0.1, 0.15) is 0 Å². The highest BCUT2D eigenvalue weighted by atomic mass is 16.6. The van der Waals surface area contributed by atoms with Crippen molar-refractivity contribution in [3.63, 3.8) is 0 Å². The molecule has 0 bridgehead atoms. The number of hydrogen-bond donors (Lipinski definition) is 2. The molecular formula is C23H19N3O4. The molecule has 0 unspecified atom stereocenters. The van der Waals surface area contributed by atoms with E-state index in [0.29, 0.717) is 23.4 Å². The fraction of sp³-hybridized carbons (Fsp3) is 0.0435. The van der Waals surface area contributed by atoms with E-state index in [-0.39, 0.29) is 11.6 Å². The number of hydrogen-bond acceptors (Lipinski definition) is 4. The fourth-order valence-corrected chi connectivity index (χ4v) is 2.80. The Hall–Kier alpha value is -4.26. The third-order valence-electron chi connectivity index (χ3n) is 4.27. The first kappa shape index (κ1) is 20.5. The average Bonchev–Trinajstić information content (AvgIpc) is 2.77. The molecule has 7 nitrogen and oxygen atoms in total. The molecule has 3 aromatic rings. The van der Waals surface area contributed by atoms with E-state index in [1.54, 1.807) is 42.5 Å². The number of carbonyl (C=O) groups excluding carboxylic acids is 2. The Labute approximate surface area is 173 Å². The standard InChI is InChI=1S/C23H19N3O4/c27-22(15-14-18-10-4-7-13-21(18)26(29)30)25-20-12-6-5-11-19(20)23(28)24-16-17-8-2-1-3-9-17/h1-15H,16H2,(H,24,28)(H,25,27)/b15-14+. The van der Waals surface area contributed by atoms with Gasteiger partial charge in [0.15, 0.2) is 0 Å². The fourth-order valence-electron chi connectivity index (χ4n) is 2.80. The zero-order valence-electron chi connectivity index (χ0n) is 15.9. The Morgan fingerprint density at radius 3 is 2.33 bits per heavy atom. The minimum Gasteiger partial charge on any atom is -0.348 e. The summed E-state index contributed by atoms with van der Waals surface area (Å²) in [4.78, 5) is 35.4. The molecule has 2 amide bonds. The van der Waals surface area contributed by atoms with Gasteiger partial charge in [0.2, 0.25) is 5.91 Å². The molecule has 0 atom stereocenters. The second-order valence-electron chi connectivity index (χ2n) is 6.35. The number of amides is 2. The van der Waals surface area contributed by atoms with Crippen LogP contribution >= 0.6 is 0 Å². The van der Waals surface area contributed by atoms with Gasteiger partial charge in [0.25, 0.3) is 11.6 Å². The first-order chi connectivity index (χ1) is 14.5. The molecule has 3 rings (SSSR count). The molecule has 0 radical (unpaired) electrons. The van der Waals surface area contributed by atoms with Gasteiger partial charge in [-0.2, -0.15) is 0 Å². The van der Waals surface area contributed by atoms with E-state index in [4.69, 9.17) is 0 Å². The Bertz CT molecular complexity index is 1090. The molecule has 7 heteroatoms. The monoisotopic (exact) mass is 401 g/mol. The summed E-state index contributed by atoms with van der Waals surface area (Å²) in [5.41, 5.74) is 1.84. The maximum absolute atomic E-state index is 12.6. The van der Waals surface area contributed by atoms with Crippen LogP contribution in [0.1, 0.15) is 21.5 Å². The average molecular weight is 401 g/mol. The maximum atomic E-state index is 12.6. The number of rotatable bonds is 7. The number of nitrogens with zero attached hydrogens (tertiary/aromatic N) is 1. The summed E-state index contributed by atoms with van der Waals surface area (Å²) in [5, 5.41) is 16.5.